The number of hydrogen-bond donors (Lipinski definition) is 1. The van der Waals surface area contributed by atoms with E-state index in [1.807, 2.05) is 0 Å². The predicted molar refractivity (Wildman–Crippen MR) is 29.6 cm³/mol. The van der Waals surface area contributed by atoms with Crippen molar-refractivity contribution in [3.8, 4) is 0 Å². The maximum atomic E-state index is 5.18. The van der Waals surface area contributed by atoms with Crippen molar-refractivity contribution in [2.45, 2.75) is 0 Å². The average Bonchev–Trinajstić information content (AvgIpc) is 1.64. The molecular weight excluding hydrogens is 171 g/mol. The van der Waals surface area contributed by atoms with Gasteiger partial charge in [0.25, 0.3) is 0 Å². The van der Waals surface area contributed by atoms with E-state index in [0.717, 1.165) is 0 Å². The van der Waals surface area contributed by atoms with Crippen LogP contribution in [-0.2, 0) is 0 Å². The normalized spacial score (nSPS) is 9.00. The van der Waals surface area contributed by atoms with E-state index in [4.69, 9.17) is 5.73 Å². The molecule has 8 heavy (non-hydrogen) atoms. The standard InChI is InChI=1S/C3H3N4Se/c4-2-5-1-6-3(8)7-2/h1H,(H2,4,5,6,7). The fraction of sp³-hybridized carbons (Fsp3) is 0. The molecule has 0 saturated heterocycles. The van der Waals surface area contributed by atoms with Crippen LogP contribution < -0.4 is 10.5 Å². The monoisotopic (exact) mass is 175 g/mol. The van der Waals surface area contributed by atoms with Crippen molar-refractivity contribution in [2.24, 2.45) is 0 Å². The molecule has 5 heteroatoms. The first kappa shape index (κ1) is 5.47. The van der Waals surface area contributed by atoms with Crippen LogP contribution in [0, 0.1) is 0 Å². The predicted octanol–water partition coefficient (Wildman–Crippen LogP) is -1.75. The van der Waals surface area contributed by atoms with Gasteiger partial charge in [-0.05, 0) is 0 Å². The summed E-state index contributed by atoms with van der Waals surface area (Å²) in [5, 5.41) is 0. The van der Waals surface area contributed by atoms with E-state index in [1.165, 1.54) is 6.33 Å². The van der Waals surface area contributed by atoms with Crippen LogP contribution in [0.25, 0.3) is 0 Å². The third-order valence-electron chi connectivity index (χ3n) is 0.568. The van der Waals surface area contributed by atoms with Gasteiger partial charge in [-0.3, -0.25) is 0 Å². The van der Waals surface area contributed by atoms with E-state index >= 15 is 0 Å². The molecule has 0 fully saturated rings. The maximum absolute atomic E-state index is 5.18. The molecule has 0 amide bonds. The van der Waals surface area contributed by atoms with Crippen LogP contribution in [0.4, 0.5) is 5.95 Å². The first-order valence-electron chi connectivity index (χ1n) is 1.90. The molecule has 2 N–H and O–H groups in total. The van der Waals surface area contributed by atoms with Gasteiger partial charge in [-0.25, -0.2) is 0 Å². The summed E-state index contributed by atoms with van der Waals surface area (Å²) in [7, 11) is 0. The van der Waals surface area contributed by atoms with Crippen LogP contribution in [-0.4, -0.2) is 31.0 Å². The van der Waals surface area contributed by atoms with E-state index in [-0.39, 0.29) is 5.95 Å². The summed E-state index contributed by atoms with van der Waals surface area (Å²) in [5.41, 5.74) is 5.18. The fourth-order valence-electron chi connectivity index (χ4n) is 0.293. The summed E-state index contributed by atoms with van der Waals surface area (Å²) in [5.74, 6) is 0.244. The number of nitrogens with zero attached hydrogens (tertiary/aromatic N) is 3. The number of aromatic nitrogens is 3. The third-order valence-corrected chi connectivity index (χ3v) is 0.981. The quantitative estimate of drug-likeness (QED) is 0.473. The van der Waals surface area contributed by atoms with E-state index in [1.54, 1.807) is 0 Å². The van der Waals surface area contributed by atoms with E-state index in [0.29, 0.717) is 4.72 Å². The Kier molecular flexibility index (Phi) is 1.41. The van der Waals surface area contributed by atoms with Crippen molar-refractivity contribution >= 4 is 26.7 Å². The molecule has 1 radical (unpaired) electrons. The van der Waals surface area contributed by atoms with Gasteiger partial charge in [-0.1, -0.05) is 0 Å². The number of nitrogen functional groups attached to an aromatic ring is 1. The van der Waals surface area contributed by atoms with E-state index in [9.17, 15) is 0 Å². The Labute approximate surface area is 54.4 Å². The molecule has 0 saturated carbocycles. The number of nitrogens with two attached hydrogens (primary N) is 1. The van der Waals surface area contributed by atoms with Crippen LogP contribution in [0.2, 0.25) is 0 Å². The molecule has 0 bridgehead atoms. The molecule has 1 aromatic heterocycles. The SMILES string of the molecule is Nc1ncnc([Se])n1. The van der Waals surface area contributed by atoms with Crippen molar-refractivity contribution < 1.29 is 0 Å². The topological polar surface area (TPSA) is 64.7 Å². The Hall–Kier alpha value is -0.671. The van der Waals surface area contributed by atoms with Crippen molar-refractivity contribution in [3.63, 3.8) is 0 Å². The van der Waals surface area contributed by atoms with Crippen LogP contribution in [0.3, 0.4) is 0 Å². The minimum absolute atomic E-state index is 0.244. The van der Waals surface area contributed by atoms with Crippen molar-refractivity contribution in [1.82, 2.24) is 15.0 Å². The summed E-state index contributed by atoms with van der Waals surface area (Å²) >= 11 is 2.60. The van der Waals surface area contributed by atoms with Crippen LogP contribution in [0.5, 0.6) is 0 Å². The summed E-state index contributed by atoms with van der Waals surface area (Å²) in [6, 6.07) is 0. The van der Waals surface area contributed by atoms with Gasteiger partial charge in [-0.2, -0.15) is 0 Å². The van der Waals surface area contributed by atoms with Crippen LogP contribution in [0.1, 0.15) is 0 Å². The minimum atomic E-state index is 0.244. The second-order valence-corrected chi connectivity index (χ2v) is 1.89. The molecule has 0 spiro atoms. The first-order valence-corrected chi connectivity index (χ1v) is 2.76. The van der Waals surface area contributed by atoms with Gasteiger partial charge in [0.05, 0.1) is 0 Å². The van der Waals surface area contributed by atoms with Crippen molar-refractivity contribution in [1.29, 1.82) is 0 Å². The third kappa shape index (κ3) is 1.15. The Balaban J connectivity index is 3.08. The van der Waals surface area contributed by atoms with E-state index < -0.39 is 0 Å². The molecule has 0 aliphatic rings. The molecule has 1 rings (SSSR count). The molecule has 1 heterocycles. The van der Waals surface area contributed by atoms with Gasteiger partial charge < -0.3 is 0 Å². The summed E-state index contributed by atoms with van der Waals surface area (Å²) < 4.78 is 0.525. The Morgan fingerprint density at radius 3 is 2.62 bits per heavy atom. The van der Waals surface area contributed by atoms with E-state index in [2.05, 4.69) is 31.0 Å². The van der Waals surface area contributed by atoms with Gasteiger partial charge in [0.1, 0.15) is 0 Å². The van der Waals surface area contributed by atoms with Crippen molar-refractivity contribution in [2.75, 3.05) is 5.73 Å². The fourth-order valence-corrected chi connectivity index (χ4v) is 0.588. The zero-order valence-corrected chi connectivity index (χ0v) is 5.62. The molecule has 4 nitrogen and oxygen atoms in total. The van der Waals surface area contributed by atoms with Crippen LogP contribution in [0.15, 0.2) is 6.33 Å². The number of anilines is 1. The van der Waals surface area contributed by atoms with Gasteiger partial charge in [-0.15, -0.1) is 0 Å². The second-order valence-electron chi connectivity index (χ2n) is 1.13. The average molecular weight is 174 g/mol. The molecule has 0 aliphatic heterocycles. The zero-order chi connectivity index (χ0) is 5.98. The Morgan fingerprint density at radius 1 is 1.50 bits per heavy atom. The summed E-state index contributed by atoms with van der Waals surface area (Å²) in [6.45, 7) is 0. The summed E-state index contributed by atoms with van der Waals surface area (Å²) in [6.07, 6.45) is 1.36. The van der Waals surface area contributed by atoms with Gasteiger partial charge in [0.15, 0.2) is 0 Å². The molecule has 0 aliphatic carbocycles. The molecule has 41 valence electrons. The van der Waals surface area contributed by atoms with Gasteiger partial charge in [0, 0.05) is 0 Å². The number of hydrogen-bond acceptors (Lipinski definition) is 4. The first-order chi connectivity index (χ1) is 3.79. The number of rotatable bonds is 0. The Bertz CT molecular complexity index is 171. The van der Waals surface area contributed by atoms with Crippen molar-refractivity contribution in [3.05, 3.63) is 6.33 Å². The second kappa shape index (κ2) is 2.07. The zero-order valence-electron chi connectivity index (χ0n) is 3.90. The van der Waals surface area contributed by atoms with Gasteiger partial charge >= 0.3 is 53.7 Å². The van der Waals surface area contributed by atoms with Crippen LogP contribution >= 0.6 is 0 Å². The molecule has 0 unspecified atom stereocenters. The molecule has 0 atom stereocenters. The van der Waals surface area contributed by atoms with Gasteiger partial charge in [0.2, 0.25) is 0 Å². The molecule has 1 aromatic rings. The summed E-state index contributed by atoms with van der Waals surface area (Å²) in [4.78, 5) is 10.9. The molecular formula is C3H3N4Se. The molecule has 0 aromatic carbocycles. The Morgan fingerprint density at radius 2 is 2.25 bits per heavy atom.